The van der Waals surface area contributed by atoms with Crippen LogP contribution < -0.4 is 9.61 Å². The number of nitrogens with one attached hydrogen (secondary N) is 1. The average molecular weight is 395 g/mol. The normalized spacial score (nSPS) is 10.9. The molecule has 0 amide bonds. The number of rotatable bonds is 6. The zero-order valence-electron chi connectivity index (χ0n) is 15.0. The first-order valence-corrected chi connectivity index (χ1v) is 9.40. The van der Waals surface area contributed by atoms with E-state index < -0.39 is 0 Å². The number of oxazole rings is 1. The number of ether oxygens (including phenoxy) is 1. The zero-order valence-corrected chi connectivity index (χ0v) is 15.8. The summed E-state index contributed by atoms with van der Waals surface area (Å²) < 4.78 is 11.4. The molecule has 3 heterocycles. The molecule has 0 unspecified atom stereocenters. The first kappa shape index (κ1) is 18.0. The SMILES string of the molecule is Cc1oc(-c2ccccc2)nc1COc1ccc(Cc2sc(=O)[nH]c2O)cn1. The Morgan fingerprint density at radius 2 is 2.04 bits per heavy atom. The number of thiazole rings is 1. The first-order chi connectivity index (χ1) is 13.6. The molecule has 4 rings (SSSR count). The summed E-state index contributed by atoms with van der Waals surface area (Å²) in [5.74, 6) is 1.63. The number of benzene rings is 1. The molecule has 2 N–H and O–H groups in total. The van der Waals surface area contributed by atoms with Gasteiger partial charge in [0, 0.05) is 24.2 Å². The van der Waals surface area contributed by atoms with Crippen molar-refractivity contribution in [2.45, 2.75) is 20.0 Å². The second-order valence-electron chi connectivity index (χ2n) is 6.14. The molecular weight excluding hydrogens is 378 g/mol. The Bertz CT molecular complexity index is 1130. The van der Waals surface area contributed by atoms with E-state index in [9.17, 15) is 9.90 Å². The molecule has 0 atom stereocenters. The van der Waals surface area contributed by atoms with Gasteiger partial charge >= 0.3 is 4.87 Å². The van der Waals surface area contributed by atoms with Gasteiger partial charge < -0.3 is 14.3 Å². The molecule has 7 nitrogen and oxygen atoms in total. The predicted octanol–water partition coefficient (Wildman–Crippen LogP) is 3.67. The molecule has 28 heavy (non-hydrogen) atoms. The number of pyridine rings is 1. The monoisotopic (exact) mass is 395 g/mol. The highest BCUT2D eigenvalue weighted by molar-refractivity contribution is 7.09. The Hall–Kier alpha value is -3.39. The van der Waals surface area contributed by atoms with E-state index in [1.54, 1.807) is 12.3 Å². The molecule has 0 radical (unpaired) electrons. The molecule has 0 fully saturated rings. The van der Waals surface area contributed by atoms with Crippen LogP contribution in [-0.2, 0) is 13.0 Å². The molecule has 3 aromatic heterocycles. The third-order valence-corrected chi connectivity index (χ3v) is 5.00. The number of H-pyrrole nitrogens is 1. The lowest BCUT2D eigenvalue weighted by Gasteiger charge is -2.04. The summed E-state index contributed by atoms with van der Waals surface area (Å²) in [7, 11) is 0. The van der Waals surface area contributed by atoms with Gasteiger partial charge in [-0.2, -0.15) is 0 Å². The molecule has 4 aromatic rings. The lowest BCUT2D eigenvalue weighted by Crippen LogP contribution is -1.99. The van der Waals surface area contributed by atoms with Gasteiger partial charge in [0.2, 0.25) is 17.7 Å². The third-order valence-electron chi connectivity index (χ3n) is 4.13. The van der Waals surface area contributed by atoms with E-state index in [0.717, 1.165) is 22.5 Å². The number of aromatic nitrogens is 3. The van der Waals surface area contributed by atoms with Gasteiger partial charge in [0.15, 0.2) is 0 Å². The van der Waals surface area contributed by atoms with E-state index in [-0.39, 0.29) is 17.4 Å². The van der Waals surface area contributed by atoms with Crippen molar-refractivity contribution < 1.29 is 14.3 Å². The van der Waals surface area contributed by atoms with Gasteiger partial charge in [-0.3, -0.25) is 9.78 Å². The van der Waals surface area contributed by atoms with Crippen LogP contribution in [0.5, 0.6) is 11.8 Å². The summed E-state index contributed by atoms with van der Waals surface area (Å²) in [6.45, 7) is 2.10. The second-order valence-corrected chi connectivity index (χ2v) is 7.21. The van der Waals surface area contributed by atoms with Gasteiger partial charge in [0.1, 0.15) is 18.1 Å². The fraction of sp³-hybridized carbons (Fsp3) is 0.150. The molecule has 8 heteroatoms. The van der Waals surface area contributed by atoms with Crippen LogP contribution in [0.3, 0.4) is 0 Å². The molecular formula is C20H17N3O4S. The van der Waals surface area contributed by atoms with Crippen molar-refractivity contribution in [1.82, 2.24) is 15.0 Å². The second kappa shape index (κ2) is 7.69. The molecule has 0 saturated carbocycles. The standard InChI is InChI=1S/C20H17N3O4S/c1-12-15(22-19(27-12)14-5-3-2-4-6-14)11-26-17-8-7-13(10-21-17)9-16-18(24)23-20(25)28-16/h2-8,10,24H,9,11H2,1H3,(H,23,25). The van der Waals surface area contributed by atoms with E-state index in [4.69, 9.17) is 9.15 Å². The number of hydrogen-bond donors (Lipinski definition) is 2. The van der Waals surface area contributed by atoms with Gasteiger partial charge in [-0.25, -0.2) is 9.97 Å². The van der Waals surface area contributed by atoms with E-state index in [0.29, 0.717) is 34.5 Å². The van der Waals surface area contributed by atoms with Crippen molar-refractivity contribution in [2.24, 2.45) is 0 Å². The van der Waals surface area contributed by atoms with Crippen LogP contribution in [0.2, 0.25) is 0 Å². The molecule has 0 aliphatic carbocycles. The lowest BCUT2D eigenvalue weighted by molar-refractivity contribution is 0.287. The Labute approximate surface area is 164 Å². The Morgan fingerprint density at radius 1 is 1.21 bits per heavy atom. The first-order valence-electron chi connectivity index (χ1n) is 8.59. The highest BCUT2D eigenvalue weighted by Crippen LogP contribution is 2.23. The smallest absolute Gasteiger partial charge is 0.307 e. The highest BCUT2D eigenvalue weighted by atomic mass is 32.1. The van der Waals surface area contributed by atoms with Gasteiger partial charge in [-0.05, 0) is 24.6 Å². The number of nitrogens with zero attached hydrogens (tertiary/aromatic N) is 2. The molecule has 0 aliphatic rings. The highest BCUT2D eigenvalue weighted by Gasteiger charge is 2.12. The summed E-state index contributed by atoms with van der Waals surface area (Å²) >= 11 is 0.984. The Balaban J connectivity index is 1.41. The average Bonchev–Trinajstić information content (AvgIpc) is 3.23. The van der Waals surface area contributed by atoms with Crippen molar-refractivity contribution in [2.75, 3.05) is 0 Å². The van der Waals surface area contributed by atoms with Gasteiger partial charge in [-0.15, -0.1) is 0 Å². The topological polar surface area (TPSA) is 101 Å². The summed E-state index contributed by atoms with van der Waals surface area (Å²) in [6.07, 6.45) is 2.08. The summed E-state index contributed by atoms with van der Waals surface area (Å²) in [6, 6.07) is 13.3. The van der Waals surface area contributed by atoms with Crippen LogP contribution in [0.15, 0.2) is 57.9 Å². The van der Waals surface area contributed by atoms with Crippen LogP contribution in [0, 0.1) is 6.92 Å². The van der Waals surface area contributed by atoms with Crippen LogP contribution in [0.25, 0.3) is 11.5 Å². The largest absolute Gasteiger partial charge is 0.494 e. The van der Waals surface area contributed by atoms with Gasteiger partial charge in [-0.1, -0.05) is 35.6 Å². The minimum Gasteiger partial charge on any atom is -0.494 e. The maximum atomic E-state index is 11.2. The molecule has 1 aromatic carbocycles. The van der Waals surface area contributed by atoms with Gasteiger partial charge in [0.25, 0.3) is 0 Å². The van der Waals surface area contributed by atoms with Crippen molar-refractivity contribution in [3.05, 3.63) is 80.2 Å². The third kappa shape index (κ3) is 3.96. The van der Waals surface area contributed by atoms with Crippen LogP contribution in [0.1, 0.15) is 21.9 Å². The molecule has 0 saturated heterocycles. The van der Waals surface area contributed by atoms with E-state index in [2.05, 4.69) is 15.0 Å². The van der Waals surface area contributed by atoms with Crippen LogP contribution in [0.4, 0.5) is 0 Å². The Kier molecular flexibility index (Phi) is 4.94. The number of aromatic hydroxyl groups is 1. The van der Waals surface area contributed by atoms with Crippen molar-refractivity contribution in [3.63, 3.8) is 0 Å². The summed E-state index contributed by atoms with van der Waals surface area (Å²) in [5.41, 5.74) is 2.49. The minimum atomic E-state index is -0.279. The lowest BCUT2D eigenvalue weighted by atomic mass is 10.2. The fourth-order valence-corrected chi connectivity index (χ4v) is 3.42. The number of hydrogen-bond acceptors (Lipinski definition) is 7. The molecule has 142 valence electrons. The van der Waals surface area contributed by atoms with Gasteiger partial charge in [0.05, 0.1) is 4.88 Å². The molecule has 0 aliphatic heterocycles. The van der Waals surface area contributed by atoms with E-state index >= 15 is 0 Å². The van der Waals surface area contributed by atoms with Crippen molar-refractivity contribution in [1.29, 1.82) is 0 Å². The van der Waals surface area contributed by atoms with Crippen LogP contribution >= 0.6 is 11.3 Å². The van der Waals surface area contributed by atoms with Crippen molar-refractivity contribution >= 4 is 11.3 Å². The van der Waals surface area contributed by atoms with Crippen LogP contribution in [-0.4, -0.2) is 20.1 Å². The maximum Gasteiger partial charge on any atom is 0.307 e. The number of aromatic amines is 1. The van der Waals surface area contributed by atoms with E-state index in [1.165, 1.54) is 0 Å². The fourth-order valence-electron chi connectivity index (χ4n) is 2.67. The maximum absolute atomic E-state index is 11.2. The summed E-state index contributed by atoms with van der Waals surface area (Å²) in [5, 5.41) is 9.66. The Morgan fingerprint density at radius 3 is 2.71 bits per heavy atom. The minimum absolute atomic E-state index is 0.0916. The van der Waals surface area contributed by atoms with Crippen molar-refractivity contribution in [3.8, 4) is 23.2 Å². The number of aryl methyl sites for hydroxylation is 1. The summed E-state index contributed by atoms with van der Waals surface area (Å²) in [4.78, 5) is 22.7. The van der Waals surface area contributed by atoms with E-state index in [1.807, 2.05) is 43.3 Å². The molecule has 0 spiro atoms. The predicted molar refractivity (Wildman–Crippen MR) is 105 cm³/mol. The molecule has 0 bridgehead atoms. The zero-order chi connectivity index (χ0) is 19.5. The quantitative estimate of drug-likeness (QED) is 0.517.